The summed E-state index contributed by atoms with van der Waals surface area (Å²) in [5, 5.41) is 3.36. The molecule has 2 aromatic rings. The highest BCUT2D eigenvalue weighted by Gasteiger charge is 2.32. The van der Waals surface area contributed by atoms with E-state index in [9.17, 15) is 18.0 Å². The van der Waals surface area contributed by atoms with E-state index in [4.69, 9.17) is 0 Å². The van der Waals surface area contributed by atoms with Gasteiger partial charge in [-0.3, -0.25) is 9.59 Å². The second-order valence-corrected chi connectivity index (χ2v) is 9.55. The van der Waals surface area contributed by atoms with Crippen molar-refractivity contribution in [2.75, 3.05) is 18.1 Å². The molecule has 1 saturated heterocycles. The van der Waals surface area contributed by atoms with Crippen LogP contribution in [0.2, 0.25) is 0 Å². The minimum atomic E-state index is -3.07. The number of aromatic nitrogens is 2. The molecule has 7 nitrogen and oxygen atoms in total. The number of aryl methyl sites for hydroxylation is 2. The van der Waals surface area contributed by atoms with Gasteiger partial charge in [0.2, 0.25) is 5.91 Å². The largest absolute Gasteiger partial charge is 0.355 e. The fraction of sp³-hybridized carbons (Fsp3) is 0.533. The Morgan fingerprint density at radius 1 is 1.42 bits per heavy atom. The lowest BCUT2D eigenvalue weighted by molar-refractivity contribution is -0.124. The summed E-state index contributed by atoms with van der Waals surface area (Å²) in [6, 6.07) is 0. The van der Waals surface area contributed by atoms with Gasteiger partial charge in [0.1, 0.15) is 10.7 Å². The molecule has 1 fully saturated rings. The van der Waals surface area contributed by atoms with Gasteiger partial charge in [-0.1, -0.05) is 0 Å². The van der Waals surface area contributed by atoms with Crippen LogP contribution in [-0.4, -0.2) is 42.3 Å². The van der Waals surface area contributed by atoms with Crippen LogP contribution in [0, 0.1) is 19.8 Å². The molecule has 1 amide bonds. The Bertz CT molecular complexity index is 959. The molecule has 0 radical (unpaired) electrons. The molecule has 1 aliphatic rings. The smallest absolute Gasteiger partial charge is 0.259 e. The molecule has 0 aromatic carbocycles. The Kier molecular flexibility index (Phi) is 4.48. The molecular weight excluding hydrogens is 350 g/mol. The standard InChI is InChI=1S/C15H19N3O4S2/c1-8-9(2)23-15-12(8)14(20)17-11(18-15)3-5-16-13(19)10-4-6-24(21,22)7-10/h10H,3-7H2,1-2H3,(H,16,19)(H,17,18,20)/t10-/m1/s1. The molecule has 9 heteroatoms. The maximum absolute atomic E-state index is 12.2. The highest BCUT2D eigenvalue weighted by Crippen LogP contribution is 2.25. The summed E-state index contributed by atoms with van der Waals surface area (Å²) in [6.07, 6.45) is 0.773. The third-order valence-corrected chi connectivity index (χ3v) is 7.22. The molecule has 3 rings (SSSR count). The zero-order valence-corrected chi connectivity index (χ0v) is 15.1. The predicted octanol–water partition coefficient (Wildman–Crippen LogP) is 0.695. The van der Waals surface area contributed by atoms with Gasteiger partial charge < -0.3 is 10.3 Å². The summed E-state index contributed by atoms with van der Waals surface area (Å²) >= 11 is 1.48. The van der Waals surface area contributed by atoms with Crippen molar-refractivity contribution >= 4 is 37.3 Å². The quantitative estimate of drug-likeness (QED) is 0.824. The first-order valence-electron chi connectivity index (χ1n) is 7.74. The van der Waals surface area contributed by atoms with Gasteiger partial charge in [0.15, 0.2) is 9.84 Å². The molecular formula is C15H19N3O4S2. The Morgan fingerprint density at radius 2 is 2.17 bits per heavy atom. The molecule has 0 unspecified atom stereocenters. The van der Waals surface area contributed by atoms with E-state index >= 15 is 0 Å². The van der Waals surface area contributed by atoms with Gasteiger partial charge in [0, 0.05) is 17.8 Å². The number of amides is 1. The van der Waals surface area contributed by atoms with E-state index in [1.807, 2.05) is 13.8 Å². The Balaban J connectivity index is 1.64. The van der Waals surface area contributed by atoms with E-state index in [-0.39, 0.29) is 23.0 Å². The number of hydrogen-bond acceptors (Lipinski definition) is 6. The van der Waals surface area contributed by atoms with E-state index < -0.39 is 15.8 Å². The van der Waals surface area contributed by atoms with Crippen molar-refractivity contribution in [2.45, 2.75) is 26.7 Å². The Labute approximate surface area is 143 Å². The second-order valence-electron chi connectivity index (χ2n) is 6.12. The van der Waals surface area contributed by atoms with Crippen LogP contribution in [0.1, 0.15) is 22.7 Å². The minimum absolute atomic E-state index is 0.0758. The first-order valence-corrected chi connectivity index (χ1v) is 10.4. The molecule has 130 valence electrons. The normalized spacial score (nSPS) is 19.7. The summed E-state index contributed by atoms with van der Waals surface area (Å²) in [5.41, 5.74) is 0.788. The number of sulfone groups is 1. The molecule has 0 spiro atoms. The van der Waals surface area contributed by atoms with Crippen molar-refractivity contribution in [3.63, 3.8) is 0 Å². The number of aromatic amines is 1. The number of hydrogen-bond donors (Lipinski definition) is 2. The van der Waals surface area contributed by atoms with E-state index in [1.165, 1.54) is 11.3 Å². The van der Waals surface area contributed by atoms with Gasteiger partial charge in [0.05, 0.1) is 22.8 Å². The van der Waals surface area contributed by atoms with Gasteiger partial charge in [-0.05, 0) is 25.8 Å². The minimum Gasteiger partial charge on any atom is -0.355 e. The molecule has 0 aliphatic carbocycles. The SMILES string of the molecule is Cc1sc2nc(CCNC(=O)[C@@H]3CCS(=O)(=O)C3)[nH]c(=O)c2c1C. The molecule has 1 aliphatic heterocycles. The predicted molar refractivity (Wildman–Crippen MR) is 93.2 cm³/mol. The van der Waals surface area contributed by atoms with Crippen LogP contribution in [-0.2, 0) is 21.1 Å². The van der Waals surface area contributed by atoms with Gasteiger partial charge in [-0.25, -0.2) is 13.4 Å². The summed E-state index contributed by atoms with van der Waals surface area (Å²) in [6.45, 7) is 4.17. The van der Waals surface area contributed by atoms with Crippen LogP contribution >= 0.6 is 11.3 Å². The highest BCUT2D eigenvalue weighted by atomic mass is 32.2. The monoisotopic (exact) mass is 369 g/mol. The van der Waals surface area contributed by atoms with Crippen molar-refractivity contribution in [3.05, 3.63) is 26.6 Å². The lowest BCUT2D eigenvalue weighted by Crippen LogP contribution is -2.33. The fourth-order valence-electron chi connectivity index (χ4n) is 2.87. The van der Waals surface area contributed by atoms with E-state index in [1.54, 1.807) is 0 Å². The van der Waals surface area contributed by atoms with Crippen molar-refractivity contribution in [2.24, 2.45) is 5.92 Å². The van der Waals surface area contributed by atoms with E-state index in [0.717, 1.165) is 10.4 Å². The lowest BCUT2D eigenvalue weighted by Gasteiger charge is -2.09. The topological polar surface area (TPSA) is 109 Å². The fourth-order valence-corrected chi connectivity index (χ4v) is 5.66. The summed E-state index contributed by atoms with van der Waals surface area (Å²) in [5.74, 6) is -0.191. The highest BCUT2D eigenvalue weighted by molar-refractivity contribution is 7.91. The van der Waals surface area contributed by atoms with Crippen molar-refractivity contribution < 1.29 is 13.2 Å². The summed E-state index contributed by atoms with van der Waals surface area (Å²) < 4.78 is 22.8. The third kappa shape index (κ3) is 3.36. The number of carbonyl (C=O) groups is 1. The lowest BCUT2D eigenvalue weighted by atomic mass is 10.1. The number of fused-ring (bicyclic) bond motifs is 1. The second kappa shape index (κ2) is 6.29. The molecule has 1 atom stereocenters. The zero-order valence-electron chi connectivity index (χ0n) is 13.5. The zero-order chi connectivity index (χ0) is 17.5. The van der Waals surface area contributed by atoms with Gasteiger partial charge in [-0.2, -0.15) is 0 Å². The van der Waals surface area contributed by atoms with E-state index in [2.05, 4.69) is 15.3 Å². The number of rotatable bonds is 4. The first kappa shape index (κ1) is 17.1. The molecule has 2 N–H and O–H groups in total. The summed E-state index contributed by atoms with van der Waals surface area (Å²) in [4.78, 5) is 33.1. The number of thiophene rings is 1. The van der Waals surface area contributed by atoms with Gasteiger partial charge >= 0.3 is 0 Å². The van der Waals surface area contributed by atoms with Crippen LogP contribution in [0.15, 0.2) is 4.79 Å². The molecule has 0 saturated carbocycles. The van der Waals surface area contributed by atoms with Crippen LogP contribution in [0.4, 0.5) is 0 Å². The number of carbonyl (C=O) groups excluding carboxylic acids is 1. The molecule has 24 heavy (non-hydrogen) atoms. The molecule has 2 aromatic heterocycles. The maximum atomic E-state index is 12.2. The van der Waals surface area contributed by atoms with Crippen LogP contribution in [0.3, 0.4) is 0 Å². The Hall–Kier alpha value is -1.74. The first-order chi connectivity index (χ1) is 11.3. The maximum Gasteiger partial charge on any atom is 0.259 e. The number of nitrogens with one attached hydrogen (secondary N) is 2. The average molecular weight is 369 g/mol. The van der Waals surface area contributed by atoms with Crippen molar-refractivity contribution in [3.8, 4) is 0 Å². The van der Waals surface area contributed by atoms with E-state index in [0.29, 0.717) is 35.4 Å². The number of nitrogens with zero attached hydrogens (tertiary/aromatic N) is 1. The van der Waals surface area contributed by atoms with Crippen LogP contribution in [0.25, 0.3) is 10.2 Å². The molecule has 3 heterocycles. The van der Waals surface area contributed by atoms with Gasteiger partial charge in [0.25, 0.3) is 5.56 Å². The van der Waals surface area contributed by atoms with Crippen molar-refractivity contribution in [1.29, 1.82) is 0 Å². The Morgan fingerprint density at radius 3 is 2.83 bits per heavy atom. The summed E-state index contributed by atoms with van der Waals surface area (Å²) in [7, 11) is -3.07. The molecule has 0 bridgehead atoms. The third-order valence-electron chi connectivity index (χ3n) is 4.35. The van der Waals surface area contributed by atoms with Gasteiger partial charge in [-0.15, -0.1) is 11.3 Å². The number of H-pyrrole nitrogens is 1. The van der Waals surface area contributed by atoms with Crippen molar-refractivity contribution in [1.82, 2.24) is 15.3 Å². The van der Waals surface area contributed by atoms with Crippen LogP contribution < -0.4 is 10.9 Å². The van der Waals surface area contributed by atoms with Crippen LogP contribution in [0.5, 0.6) is 0 Å². The average Bonchev–Trinajstić information content (AvgIpc) is 2.99.